The smallest absolute Gasteiger partial charge is 0.0823 e. The molecular formula is C5H11O2. The zero-order valence-electron chi connectivity index (χ0n) is 4.64. The van der Waals surface area contributed by atoms with Crippen LogP contribution in [-0.2, 0) is 9.78 Å². The quantitative estimate of drug-likeness (QED) is 0.302. The van der Waals surface area contributed by atoms with Crippen molar-refractivity contribution in [1.82, 2.24) is 0 Å². The highest BCUT2D eigenvalue weighted by Gasteiger charge is 1.78. The monoisotopic (exact) mass is 103 g/mol. The minimum atomic E-state index is 0.389. The van der Waals surface area contributed by atoms with Crippen molar-refractivity contribution in [3.8, 4) is 0 Å². The van der Waals surface area contributed by atoms with Gasteiger partial charge >= 0.3 is 0 Å². The van der Waals surface area contributed by atoms with Gasteiger partial charge in [-0.25, -0.2) is 9.78 Å². The molecule has 0 bridgehead atoms. The van der Waals surface area contributed by atoms with Crippen LogP contribution in [-0.4, -0.2) is 13.2 Å². The van der Waals surface area contributed by atoms with Gasteiger partial charge in [0, 0.05) is 0 Å². The summed E-state index contributed by atoms with van der Waals surface area (Å²) in [5.41, 5.74) is 0. The summed E-state index contributed by atoms with van der Waals surface area (Å²) in [5.74, 6) is 0. The maximum absolute atomic E-state index is 4.57. The van der Waals surface area contributed by atoms with E-state index in [-0.39, 0.29) is 0 Å². The van der Waals surface area contributed by atoms with Crippen LogP contribution in [0.1, 0.15) is 13.3 Å². The maximum atomic E-state index is 4.57. The average molecular weight is 103 g/mol. The molecule has 1 radical (unpaired) electrons. The largest absolute Gasteiger partial charge is 0.237 e. The van der Waals surface area contributed by atoms with E-state index in [0.717, 1.165) is 6.42 Å². The summed E-state index contributed by atoms with van der Waals surface area (Å²) in [6.45, 7) is 6.48. The summed E-state index contributed by atoms with van der Waals surface area (Å²) in [6.07, 6.45) is 0.986. The Kier molecular flexibility index (Phi) is 5.85. The van der Waals surface area contributed by atoms with Gasteiger partial charge in [-0.05, 0) is 13.3 Å². The van der Waals surface area contributed by atoms with Gasteiger partial charge in [-0.15, -0.1) is 0 Å². The van der Waals surface area contributed by atoms with Gasteiger partial charge in [0.05, 0.1) is 13.2 Å². The molecule has 2 nitrogen and oxygen atoms in total. The second-order valence-corrected chi connectivity index (χ2v) is 1.14. The molecule has 0 saturated carbocycles. The molecule has 43 valence electrons. The van der Waals surface area contributed by atoms with Gasteiger partial charge in [0.25, 0.3) is 0 Å². The van der Waals surface area contributed by atoms with Crippen molar-refractivity contribution in [3.63, 3.8) is 0 Å². The Bertz CT molecular complexity index is 25.3. The Labute approximate surface area is 44.4 Å². The van der Waals surface area contributed by atoms with Crippen LogP contribution in [0, 0.1) is 6.92 Å². The third-order valence-corrected chi connectivity index (χ3v) is 0.454. The molecule has 0 amide bonds. The van der Waals surface area contributed by atoms with E-state index in [1.807, 2.05) is 6.92 Å². The van der Waals surface area contributed by atoms with E-state index < -0.39 is 0 Å². The van der Waals surface area contributed by atoms with Crippen LogP contribution in [0.3, 0.4) is 0 Å². The van der Waals surface area contributed by atoms with Crippen molar-refractivity contribution in [1.29, 1.82) is 0 Å². The second kappa shape index (κ2) is 5.92. The Morgan fingerprint density at radius 1 is 1.43 bits per heavy atom. The first-order valence-electron chi connectivity index (χ1n) is 2.45. The highest BCUT2D eigenvalue weighted by atomic mass is 17.2. The third-order valence-electron chi connectivity index (χ3n) is 0.454. The molecule has 0 spiro atoms. The molecule has 2 heteroatoms. The Morgan fingerprint density at radius 2 is 2.14 bits per heavy atom. The highest BCUT2D eigenvalue weighted by molar-refractivity contribution is 4.21. The van der Waals surface area contributed by atoms with Crippen molar-refractivity contribution < 1.29 is 9.78 Å². The van der Waals surface area contributed by atoms with E-state index in [1.165, 1.54) is 0 Å². The molecule has 0 fully saturated rings. The first-order chi connectivity index (χ1) is 3.41. The maximum Gasteiger partial charge on any atom is 0.0823 e. The minimum absolute atomic E-state index is 0.389. The molecule has 0 saturated heterocycles. The highest BCUT2D eigenvalue weighted by Crippen LogP contribution is 1.79. The summed E-state index contributed by atoms with van der Waals surface area (Å²) >= 11 is 0. The fourth-order valence-electron chi connectivity index (χ4n) is 0.201. The molecule has 0 rings (SSSR count). The summed E-state index contributed by atoms with van der Waals surface area (Å²) in [7, 11) is 0. The van der Waals surface area contributed by atoms with Crippen LogP contribution in [0.15, 0.2) is 0 Å². The molecule has 0 atom stereocenters. The van der Waals surface area contributed by atoms with E-state index in [4.69, 9.17) is 0 Å². The third kappa shape index (κ3) is 5.92. The zero-order chi connectivity index (χ0) is 5.54. The number of hydrogen-bond donors (Lipinski definition) is 0. The summed E-state index contributed by atoms with van der Waals surface area (Å²) in [4.78, 5) is 9.03. The lowest BCUT2D eigenvalue weighted by atomic mass is 10.5. The van der Waals surface area contributed by atoms with Crippen LogP contribution >= 0.6 is 0 Å². The van der Waals surface area contributed by atoms with E-state index in [2.05, 4.69) is 16.7 Å². The van der Waals surface area contributed by atoms with Gasteiger partial charge in [0.2, 0.25) is 0 Å². The topological polar surface area (TPSA) is 18.5 Å². The Hall–Kier alpha value is -0.0800. The van der Waals surface area contributed by atoms with Gasteiger partial charge in [0.1, 0.15) is 0 Å². The molecular weight excluding hydrogens is 92.1 g/mol. The molecule has 0 aromatic carbocycles. The molecule has 0 heterocycles. The predicted octanol–water partition coefficient (Wildman–Crippen LogP) is 1.18. The van der Waals surface area contributed by atoms with Gasteiger partial charge in [-0.3, -0.25) is 0 Å². The first-order valence-corrected chi connectivity index (χ1v) is 2.45. The lowest BCUT2D eigenvalue weighted by Gasteiger charge is -1.95. The van der Waals surface area contributed by atoms with Crippen molar-refractivity contribution in [2.75, 3.05) is 13.2 Å². The Balaban J connectivity index is 2.45. The standard InChI is InChI=1S/C5H11O2/c1-3-5-7-6-4-2/h2-5H2,1H3. The average Bonchev–Trinajstić information content (AvgIpc) is 1.69. The zero-order valence-corrected chi connectivity index (χ0v) is 4.64. The fraction of sp³-hybridized carbons (Fsp3) is 0.800. The van der Waals surface area contributed by atoms with Crippen molar-refractivity contribution >= 4 is 0 Å². The van der Waals surface area contributed by atoms with E-state index in [1.54, 1.807) is 0 Å². The van der Waals surface area contributed by atoms with E-state index in [9.17, 15) is 0 Å². The minimum Gasteiger partial charge on any atom is -0.237 e. The van der Waals surface area contributed by atoms with Crippen LogP contribution in [0.2, 0.25) is 0 Å². The normalized spacial score (nSPS) is 9.43. The van der Waals surface area contributed by atoms with Crippen molar-refractivity contribution in [3.05, 3.63) is 6.92 Å². The molecule has 0 unspecified atom stereocenters. The molecule has 0 N–H and O–H groups in total. The van der Waals surface area contributed by atoms with Crippen LogP contribution in [0.25, 0.3) is 0 Å². The molecule has 0 aromatic rings. The van der Waals surface area contributed by atoms with Crippen LogP contribution < -0.4 is 0 Å². The SMILES string of the molecule is [CH2]COOCCC. The number of rotatable bonds is 4. The van der Waals surface area contributed by atoms with Crippen LogP contribution in [0.4, 0.5) is 0 Å². The molecule has 0 aliphatic rings. The number of hydrogen-bond acceptors (Lipinski definition) is 2. The molecule has 0 aliphatic carbocycles. The summed E-state index contributed by atoms with van der Waals surface area (Å²) in [5, 5.41) is 0. The van der Waals surface area contributed by atoms with Crippen LogP contribution in [0.5, 0.6) is 0 Å². The fourth-order valence-corrected chi connectivity index (χ4v) is 0.201. The van der Waals surface area contributed by atoms with E-state index >= 15 is 0 Å². The predicted molar refractivity (Wildman–Crippen MR) is 27.6 cm³/mol. The first kappa shape index (κ1) is 6.92. The molecule has 7 heavy (non-hydrogen) atoms. The molecule has 0 aromatic heterocycles. The second-order valence-electron chi connectivity index (χ2n) is 1.14. The lowest BCUT2D eigenvalue weighted by molar-refractivity contribution is -0.286. The lowest BCUT2D eigenvalue weighted by Crippen LogP contribution is -1.93. The van der Waals surface area contributed by atoms with Gasteiger partial charge in [-0.1, -0.05) is 6.92 Å². The van der Waals surface area contributed by atoms with Crippen molar-refractivity contribution in [2.24, 2.45) is 0 Å². The van der Waals surface area contributed by atoms with Gasteiger partial charge in [-0.2, -0.15) is 0 Å². The molecule has 0 aliphatic heterocycles. The van der Waals surface area contributed by atoms with Gasteiger partial charge < -0.3 is 0 Å². The summed E-state index contributed by atoms with van der Waals surface area (Å²) in [6, 6.07) is 0. The Morgan fingerprint density at radius 3 is 2.57 bits per heavy atom. The van der Waals surface area contributed by atoms with Crippen molar-refractivity contribution in [2.45, 2.75) is 13.3 Å². The van der Waals surface area contributed by atoms with Gasteiger partial charge in [0.15, 0.2) is 0 Å². The van der Waals surface area contributed by atoms with E-state index in [0.29, 0.717) is 13.2 Å². The summed E-state index contributed by atoms with van der Waals surface area (Å²) < 4.78 is 0.